The molecular weight excluding hydrogens is 368 g/mol. The number of nitrogens with one attached hydrogen (secondary N) is 1. The minimum atomic E-state index is -3.89. The van der Waals surface area contributed by atoms with Crippen molar-refractivity contribution < 1.29 is 23.1 Å². The molecule has 2 aromatic rings. The Balaban J connectivity index is 2.32. The summed E-state index contributed by atoms with van der Waals surface area (Å²) in [4.78, 5) is 24.8. The van der Waals surface area contributed by atoms with E-state index in [1.165, 1.54) is 29.2 Å². The zero-order valence-corrected chi connectivity index (χ0v) is 16.2. The number of aryl methyl sites for hydroxylation is 1. The Kier molecular flexibility index (Phi) is 6.22. The molecule has 144 valence electrons. The van der Waals surface area contributed by atoms with Gasteiger partial charge in [0, 0.05) is 17.3 Å². The maximum atomic E-state index is 12.7. The average molecular weight is 390 g/mol. The lowest BCUT2D eigenvalue weighted by molar-refractivity contribution is -0.138. The quantitative estimate of drug-likeness (QED) is 0.756. The monoisotopic (exact) mass is 390 g/mol. The molecule has 2 rings (SSSR count). The molecule has 0 saturated carbocycles. The van der Waals surface area contributed by atoms with Gasteiger partial charge in [0.25, 0.3) is 15.9 Å². The number of carbonyl (C=O) groups is 2. The van der Waals surface area contributed by atoms with Gasteiger partial charge in [0.15, 0.2) is 0 Å². The number of carboxylic acids is 1. The molecule has 0 saturated heterocycles. The van der Waals surface area contributed by atoms with Gasteiger partial charge in [-0.3, -0.25) is 14.3 Å². The summed E-state index contributed by atoms with van der Waals surface area (Å²) in [6, 6.07) is 12.1. The largest absolute Gasteiger partial charge is 0.480 e. The fourth-order valence-corrected chi connectivity index (χ4v) is 3.61. The summed E-state index contributed by atoms with van der Waals surface area (Å²) < 4.78 is 27.8. The number of carboxylic acid groups (broad SMARTS) is 1. The predicted molar refractivity (Wildman–Crippen MR) is 102 cm³/mol. The van der Waals surface area contributed by atoms with Gasteiger partial charge in [-0.15, -0.1) is 0 Å². The van der Waals surface area contributed by atoms with E-state index in [0.29, 0.717) is 5.69 Å². The minimum absolute atomic E-state index is 0.0751. The number of amides is 1. The highest BCUT2D eigenvalue weighted by Crippen LogP contribution is 2.19. The average Bonchev–Trinajstić information content (AvgIpc) is 2.58. The predicted octanol–water partition coefficient (Wildman–Crippen LogP) is 2.73. The molecule has 0 spiro atoms. The summed E-state index contributed by atoms with van der Waals surface area (Å²) in [6.45, 7) is 4.77. The highest BCUT2D eigenvalue weighted by atomic mass is 32.2. The third-order valence-electron chi connectivity index (χ3n) is 3.85. The normalized spacial score (nSPS) is 11.3. The van der Waals surface area contributed by atoms with Crippen molar-refractivity contribution in [3.05, 3.63) is 59.7 Å². The van der Waals surface area contributed by atoms with E-state index < -0.39 is 28.4 Å². The fourth-order valence-electron chi connectivity index (χ4n) is 2.52. The van der Waals surface area contributed by atoms with E-state index in [4.69, 9.17) is 5.11 Å². The van der Waals surface area contributed by atoms with Gasteiger partial charge < -0.3 is 10.0 Å². The van der Waals surface area contributed by atoms with E-state index in [1.807, 2.05) is 13.0 Å². The van der Waals surface area contributed by atoms with Crippen LogP contribution in [0.5, 0.6) is 0 Å². The smallest absolute Gasteiger partial charge is 0.323 e. The van der Waals surface area contributed by atoms with Gasteiger partial charge in [0.05, 0.1) is 4.90 Å². The molecule has 27 heavy (non-hydrogen) atoms. The van der Waals surface area contributed by atoms with Gasteiger partial charge in [-0.25, -0.2) is 8.42 Å². The summed E-state index contributed by atoms with van der Waals surface area (Å²) >= 11 is 0. The summed E-state index contributed by atoms with van der Waals surface area (Å²) in [5.41, 5.74) is 1.43. The Labute approximate surface area is 158 Å². The SMILES string of the molecule is Cc1cccc(NS(=O)(=O)c2cccc(C(=O)N(CC(=O)O)C(C)C)c2)c1. The molecule has 7 nitrogen and oxygen atoms in total. The van der Waals surface area contributed by atoms with Crippen LogP contribution in [0.2, 0.25) is 0 Å². The van der Waals surface area contributed by atoms with Gasteiger partial charge in [0.2, 0.25) is 0 Å². The number of carbonyl (C=O) groups excluding carboxylic acids is 1. The number of hydrogen-bond acceptors (Lipinski definition) is 4. The van der Waals surface area contributed by atoms with Gasteiger partial charge in [0.1, 0.15) is 6.54 Å². The van der Waals surface area contributed by atoms with Crippen molar-refractivity contribution in [2.24, 2.45) is 0 Å². The molecule has 0 aliphatic rings. The molecule has 0 aromatic heterocycles. The molecular formula is C19H22N2O5S. The zero-order chi connectivity index (χ0) is 20.2. The molecule has 0 atom stereocenters. The van der Waals surface area contributed by atoms with Crippen LogP contribution in [0.1, 0.15) is 29.8 Å². The van der Waals surface area contributed by atoms with Crippen LogP contribution in [0.15, 0.2) is 53.4 Å². The van der Waals surface area contributed by atoms with Crippen molar-refractivity contribution in [1.29, 1.82) is 0 Å². The molecule has 0 heterocycles. The van der Waals surface area contributed by atoms with E-state index in [-0.39, 0.29) is 16.5 Å². The Morgan fingerprint density at radius 1 is 1.11 bits per heavy atom. The van der Waals surface area contributed by atoms with Gasteiger partial charge in [-0.2, -0.15) is 0 Å². The summed E-state index contributed by atoms with van der Waals surface area (Å²) in [5, 5.41) is 9.00. The van der Waals surface area contributed by atoms with Crippen LogP contribution in [0.3, 0.4) is 0 Å². The van der Waals surface area contributed by atoms with Crippen molar-refractivity contribution >= 4 is 27.6 Å². The van der Waals surface area contributed by atoms with Crippen molar-refractivity contribution in [3.8, 4) is 0 Å². The number of anilines is 1. The number of benzene rings is 2. The molecule has 0 unspecified atom stereocenters. The number of sulfonamides is 1. The molecule has 0 radical (unpaired) electrons. The lowest BCUT2D eigenvalue weighted by Crippen LogP contribution is -2.40. The first-order valence-electron chi connectivity index (χ1n) is 8.32. The summed E-state index contributed by atoms with van der Waals surface area (Å²) in [6.07, 6.45) is 0. The number of hydrogen-bond donors (Lipinski definition) is 2. The first kappa shape index (κ1) is 20.4. The Morgan fingerprint density at radius 3 is 2.37 bits per heavy atom. The van der Waals surface area contributed by atoms with E-state index >= 15 is 0 Å². The van der Waals surface area contributed by atoms with Crippen molar-refractivity contribution in [2.75, 3.05) is 11.3 Å². The summed E-state index contributed by atoms with van der Waals surface area (Å²) in [7, 11) is -3.89. The van der Waals surface area contributed by atoms with E-state index in [9.17, 15) is 18.0 Å². The molecule has 2 N–H and O–H groups in total. The number of nitrogens with zero attached hydrogens (tertiary/aromatic N) is 1. The van der Waals surface area contributed by atoms with Gasteiger partial charge in [-0.1, -0.05) is 18.2 Å². The minimum Gasteiger partial charge on any atom is -0.480 e. The molecule has 0 bridgehead atoms. The Morgan fingerprint density at radius 2 is 1.78 bits per heavy atom. The molecule has 0 aliphatic carbocycles. The van der Waals surface area contributed by atoms with Crippen LogP contribution in [0.25, 0.3) is 0 Å². The molecule has 2 aromatic carbocycles. The van der Waals surface area contributed by atoms with Crippen LogP contribution >= 0.6 is 0 Å². The van der Waals surface area contributed by atoms with Crippen LogP contribution in [0, 0.1) is 6.92 Å². The van der Waals surface area contributed by atoms with Crippen molar-refractivity contribution in [2.45, 2.75) is 31.7 Å². The second kappa shape index (κ2) is 8.22. The first-order chi connectivity index (χ1) is 12.6. The van der Waals surface area contributed by atoms with E-state index in [0.717, 1.165) is 5.56 Å². The van der Waals surface area contributed by atoms with E-state index in [2.05, 4.69) is 4.72 Å². The standard InChI is InChI=1S/C19H22N2O5S/c1-13(2)21(12-18(22)23)19(24)15-7-5-9-17(11-15)27(25,26)20-16-8-4-6-14(3)10-16/h4-11,13,20H,12H2,1-3H3,(H,22,23). The number of aliphatic carboxylic acids is 1. The first-order valence-corrected chi connectivity index (χ1v) is 9.81. The maximum absolute atomic E-state index is 12.7. The number of rotatable bonds is 7. The second-order valence-corrected chi connectivity index (χ2v) is 8.11. The van der Waals surface area contributed by atoms with Crippen molar-refractivity contribution in [3.63, 3.8) is 0 Å². The molecule has 0 fully saturated rings. The third kappa shape index (κ3) is 5.30. The van der Waals surface area contributed by atoms with E-state index in [1.54, 1.807) is 32.0 Å². The zero-order valence-electron chi connectivity index (χ0n) is 15.3. The third-order valence-corrected chi connectivity index (χ3v) is 5.23. The van der Waals surface area contributed by atoms with Crippen LogP contribution in [-0.2, 0) is 14.8 Å². The summed E-state index contributed by atoms with van der Waals surface area (Å²) in [5.74, 6) is -1.68. The second-order valence-electron chi connectivity index (χ2n) is 6.42. The van der Waals surface area contributed by atoms with Gasteiger partial charge in [-0.05, 0) is 56.7 Å². The van der Waals surface area contributed by atoms with Crippen LogP contribution in [0.4, 0.5) is 5.69 Å². The van der Waals surface area contributed by atoms with Crippen molar-refractivity contribution in [1.82, 2.24) is 4.90 Å². The highest BCUT2D eigenvalue weighted by molar-refractivity contribution is 7.92. The Hall–Kier alpha value is -2.87. The molecule has 8 heteroatoms. The maximum Gasteiger partial charge on any atom is 0.323 e. The van der Waals surface area contributed by atoms with Crippen LogP contribution in [-0.4, -0.2) is 42.9 Å². The lowest BCUT2D eigenvalue weighted by atomic mass is 10.1. The molecule has 0 aliphatic heterocycles. The lowest BCUT2D eigenvalue weighted by Gasteiger charge is -2.25. The fraction of sp³-hybridized carbons (Fsp3) is 0.263. The highest BCUT2D eigenvalue weighted by Gasteiger charge is 2.23. The molecule has 1 amide bonds. The topological polar surface area (TPSA) is 104 Å². The van der Waals surface area contributed by atoms with Gasteiger partial charge >= 0.3 is 5.97 Å². The van der Waals surface area contributed by atoms with Crippen LogP contribution < -0.4 is 4.72 Å². The Bertz CT molecular complexity index is 954.